The summed E-state index contributed by atoms with van der Waals surface area (Å²) in [5, 5.41) is 18.2. The molecule has 8 heteroatoms. The monoisotopic (exact) mass is 436 g/mol. The molecule has 0 spiro atoms. The Hall–Kier alpha value is -1.51. The number of ketones is 1. The zero-order valence-corrected chi connectivity index (χ0v) is 17.3. The first kappa shape index (κ1) is 18.3. The minimum absolute atomic E-state index is 0.0680. The Kier molecular flexibility index (Phi) is 5.41. The number of aryl methyl sites for hydroxylation is 1. The van der Waals surface area contributed by atoms with Crippen molar-refractivity contribution in [1.29, 1.82) is 5.41 Å². The molecule has 0 saturated carbocycles. The van der Waals surface area contributed by atoms with Crippen LogP contribution in [0.2, 0.25) is 0 Å². The van der Waals surface area contributed by atoms with E-state index in [9.17, 15) is 4.79 Å². The molecule has 25 heavy (non-hydrogen) atoms. The number of anilines is 1. The summed E-state index contributed by atoms with van der Waals surface area (Å²) in [5.74, 6) is -0.667. The number of carbonyl (C=O) groups is 1. The number of nitrogens with one attached hydrogen (secondary N) is 1. The molecule has 1 fully saturated rings. The fourth-order valence-corrected chi connectivity index (χ4v) is 5.17. The lowest BCUT2D eigenvalue weighted by Crippen LogP contribution is -2.11. The van der Waals surface area contributed by atoms with Crippen LogP contribution in [-0.4, -0.2) is 35.1 Å². The van der Waals surface area contributed by atoms with Crippen molar-refractivity contribution in [2.45, 2.75) is 19.3 Å². The SMILES string of the molecule is CCc1nnc([C@H]2C(=N)S/C(=C\c3ccc(N(C)C)c(Br)c3)C2=O)s1. The van der Waals surface area contributed by atoms with Gasteiger partial charge in [0.25, 0.3) is 0 Å². The number of hydrogen-bond donors (Lipinski definition) is 1. The number of hydrogen-bond acceptors (Lipinski definition) is 7. The smallest absolute Gasteiger partial charge is 0.186 e. The predicted octanol–water partition coefficient (Wildman–Crippen LogP) is 4.35. The minimum Gasteiger partial charge on any atom is -0.377 e. The molecule has 1 aliphatic heterocycles. The number of aromatic nitrogens is 2. The summed E-state index contributed by atoms with van der Waals surface area (Å²) in [6.07, 6.45) is 2.63. The van der Waals surface area contributed by atoms with Gasteiger partial charge >= 0.3 is 0 Å². The summed E-state index contributed by atoms with van der Waals surface area (Å²) in [4.78, 5) is 15.4. The van der Waals surface area contributed by atoms with Crippen molar-refractivity contribution in [2.75, 3.05) is 19.0 Å². The summed E-state index contributed by atoms with van der Waals surface area (Å²) >= 11 is 6.19. The molecule has 1 aliphatic rings. The quantitative estimate of drug-likeness (QED) is 0.721. The van der Waals surface area contributed by atoms with E-state index in [4.69, 9.17) is 5.41 Å². The molecular weight excluding hydrogens is 420 g/mol. The number of allylic oxidation sites excluding steroid dienone is 1. The van der Waals surface area contributed by atoms with Crippen LogP contribution in [0.4, 0.5) is 5.69 Å². The average Bonchev–Trinajstić information content (AvgIpc) is 3.12. The fourth-order valence-electron chi connectivity index (χ4n) is 2.47. The highest BCUT2D eigenvalue weighted by atomic mass is 79.9. The average molecular weight is 437 g/mol. The second kappa shape index (κ2) is 7.39. The highest BCUT2D eigenvalue weighted by Gasteiger charge is 2.39. The van der Waals surface area contributed by atoms with Crippen LogP contribution in [0.3, 0.4) is 0 Å². The van der Waals surface area contributed by atoms with Gasteiger partial charge in [-0.15, -0.1) is 21.5 Å². The lowest BCUT2D eigenvalue weighted by molar-refractivity contribution is -0.114. The van der Waals surface area contributed by atoms with Gasteiger partial charge in [0, 0.05) is 18.6 Å². The number of halogens is 1. The Morgan fingerprint density at radius 2 is 2.12 bits per heavy atom. The number of benzene rings is 1. The van der Waals surface area contributed by atoms with Gasteiger partial charge in [0.15, 0.2) is 5.78 Å². The molecule has 1 aromatic carbocycles. The van der Waals surface area contributed by atoms with E-state index < -0.39 is 5.92 Å². The van der Waals surface area contributed by atoms with Gasteiger partial charge < -0.3 is 4.90 Å². The molecule has 3 rings (SSSR count). The lowest BCUT2D eigenvalue weighted by Gasteiger charge is -2.14. The number of Topliss-reactive ketones (excluding diaryl/α,β-unsaturated/α-hetero) is 1. The number of rotatable bonds is 4. The van der Waals surface area contributed by atoms with E-state index in [0.29, 0.717) is 15.0 Å². The molecule has 1 aromatic heterocycles. The van der Waals surface area contributed by atoms with Crippen LogP contribution >= 0.6 is 39.0 Å². The summed E-state index contributed by atoms with van der Waals surface area (Å²) in [6.45, 7) is 2.00. The van der Waals surface area contributed by atoms with Crippen LogP contribution in [0.25, 0.3) is 6.08 Å². The molecule has 1 saturated heterocycles. The summed E-state index contributed by atoms with van der Waals surface area (Å²) in [5.41, 5.74) is 1.99. The standard InChI is InChI=1S/C17H17BrN4OS2/c1-4-13-20-21-17(25-13)14-15(23)12(24-16(14)19)8-9-5-6-11(22(2)3)10(18)7-9/h5-8,14,19H,4H2,1-3H3/b12-8-,19-16?/t14-/m1/s1. The van der Waals surface area contributed by atoms with Crippen molar-refractivity contribution in [3.63, 3.8) is 0 Å². The summed E-state index contributed by atoms with van der Waals surface area (Å²) < 4.78 is 0.964. The largest absolute Gasteiger partial charge is 0.377 e. The van der Waals surface area contributed by atoms with E-state index in [2.05, 4.69) is 26.1 Å². The Balaban J connectivity index is 1.89. The maximum absolute atomic E-state index is 12.8. The highest BCUT2D eigenvalue weighted by molar-refractivity contribution is 9.10. The summed E-state index contributed by atoms with van der Waals surface area (Å²) in [7, 11) is 3.96. The lowest BCUT2D eigenvalue weighted by atomic mass is 10.1. The van der Waals surface area contributed by atoms with Crippen molar-refractivity contribution in [3.8, 4) is 0 Å². The maximum Gasteiger partial charge on any atom is 0.186 e. The van der Waals surface area contributed by atoms with Crippen molar-refractivity contribution in [1.82, 2.24) is 10.2 Å². The van der Waals surface area contributed by atoms with Crippen LogP contribution in [0.1, 0.15) is 28.4 Å². The fraction of sp³-hybridized carbons (Fsp3) is 0.294. The first-order chi connectivity index (χ1) is 11.9. The van der Waals surface area contributed by atoms with Crippen LogP contribution in [0, 0.1) is 5.41 Å². The van der Waals surface area contributed by atoms with Crippen molar-refractivity contribution >= 4 is 61.6 Å². The molecule has 0 bridgehead atoms. The van der Waals surface area contributed by atoms with Gasteiger partial charge in [-0.05, 0) is 46.1 Å². The topological polar surface area (TPSA) is 69.9 Å². The highest BCUT2D eigenvalue weighted by Crippen LogP contribution is 2.41. The Morgan fingerprint density at radius 3 is 2.72 bits per heavy atom. The molecule has 2 heterocycles. The van der Waals surface area contributed by atoms with Crippen LogP contribution < -0.4 is 4.90 Å². The molecule has 130 valence electrons. The third-order valence-electron chi connectivity index (χ3n) is 3.77. The zero-order chi connectivity index (χ0) is 18.1. The first-order valence-electron chi connectivity index (χ1n) is 7.72. The first-order valence-corrected chi connectivity index (χ1v) is 10.1. The van der Waals surface area contributed by atoms with Crippen molar-refractivity contribution < 1.29 is 4.79 Å². The molecule has 1 atom stereocenters. The number of carbonyl (C=O) groups excluding carboxylic acids is 1. The second-order valence-corrected chi connectivity index (χ2v) is 8.80. The Labute approximate surface area is 163 Å². The van der Waals surface area contributed by atoms with E-state index in [1.54, 1.807) is 0 Å². The van der Waals surface area contributed by atoms with Gasteiger partial charge in [-0.1, -0.05) is 24.8 Å². The number of nitrogens with zero attached hydrogens (tertiary/aromatic N) is 3. The summed E-state index contributed by atoms with van der Waals surface area (Å²) in [6, 6.07) is 5.95. The van der Waals surface area contributed by atoms with E-state index >= 15 is 0 Å². The Morgan fingerprint density at radius 1 is 1.36 bits per heavy atom. The van der Waals surface area contributed by atoms with Crippen LogP contribution in [-0.2, 0) is 11.2 Å². The molecule has 0 amide bonds. The van der Waals surface area contributed by atoms with Gasteiger partial charge in [0.05, 0.1) is 15.6 Å². The molecule has 0 unspecified atom stereocenters. The zero-order valence-electron chi connectivity index (χ0n) is 14.0. The van der Waals surface area contributed by atoms with Gasteiger partial charge in [-0.3, -0.25) is 10.2 Å². The molecule has 0 radical (unpaired) electrons. The van der Waals surface area contributed by atoms with Gasteiger partial charge in [0.1, 0.15) is 15.9 Å². The number of thioether (sulfide) groups is 1. The van der Waals surface area contributed by atoms with E-state index in [-0.39, 0.29) is 5.78 Å². The Bertz CT molecular complexity index is 875. The van der Waals surface area contributed by atoms with Gasteiger partial charge in [0.2, 0.25) is 0 Å². The molecule has 5 nitrogen and oxygen atoms in total. The van der Waals surface area contributed by atoms with Gasteiger partial charge in [-0.25, -0.2) is 0 Å². The molecule has 0 aliphatic carbocycles. The van der Waals surface area contributed by atoms with E-state index in [1.807, 2.05) is 50.2 Å². The van der Waals surface area contributed by atoms with Crippen LogP contribution in [0.5, 0.6) is 0 Å². The van der Waals surface area contributed by atoms with E-state index in [1.165, 1.54) is 23.1 Å². The van der Waals surface area contributed by atoms with Gasteiger partial charge in [-0.2, -0.15) is 0 Å². The van der Waals surface area contributed by atoms with E-state index in [0.717, 1.165) is 27.2 Å². The van der Waals surface area contributed by atoms with Crippen molar-refractivity contribution in [3.05, 3.63) is 43.2 Å². The molecule has 2 aromatic rings. The third kappa shape index (κ3) is 3.70. The minimum atomic E-state index is -0.599. The molecular formula is C17H17BrN4OS2. The third-order valence-corrected chi connectivity index (χ3v) is 6.53. The van der Waals surface area contributed by atoms with Crippen molar-refractivity contribution in [2.24, 2.45) is 0 Å². The maximum atomic E-state index is 12.8. The predicted molar refractivity (Wildman–Crippen MR) is 109 cm³/mol. The normalized spacial score (nSPS) is 19.0. The molecule has 1 N–H and O–H groups in total. The second-order valence-electron chi connectivity index (χ2n) is 5.77. The van der Waals surface area contributed by atoms with Crippen LogP contribution in [0.15, 0.2) is 27.6 Å².